The fraction of sp³-hybridized carbons (Fsp3) is 0.571. The summed E-state index contributed by atoms with van der Waals surface area (Å²) in [5, 5.41) is 0. The quantitative estimate of drug-likeness (QED) is 0.841. The van der Waals surface area contributed by atoms with Gasteiger partial charge < -0.3 is 15.4 Å². The number of rotatable bonds is 7. The summed E-state index contributed by atoms with van der Waals surface area (Å²) in [4.78, 5) is 2.36. The molecule has 1 aromatic carbocycles. The van der Waals surface area contributed by atoms with Crippen molar-refractivity contribution < 1.29 is 4.74 Å². The average Bonchev–Trinajstić information content (AvgIpc) is 2.33. The van der Waals surface area contributed by atoms with Crippen LogP contribution in [0.4, 0.5) is 5.69 Å². The van der Waals surface area contributed by atoms with Gasteiger partial charge in [0.05, 0.1) is 6.61 Å². The van der Waals surface area contributed by atoms with Crippen molar-refractivity contribution in [3.63, 3.8) is 0 Å². The molecule has 0 aliphatic heterocycles. The number of halogens is 1. The van der Waals surface area contributed by atoms with E-state index in [1.54, 1.807) is 7.11 Å². The summed E-state index contributed by atoms with van der Waals surface area (Å²) in [7, 11) is 1.74. The van der Waals surface area contributed by atoms with Gasteiger partial charge in [-0.3, -0.25) is 0 Å². The number of anilines is 1. The standard InChI is InChI=1S/C14H23BrN2O/c1-4-17(11(2)10-18-3)14-6-5-13(15)9-12(14)7-8-16/h5-6,9,11H,4,7-8,10,16H2,1-3H3. The molecule has 1 atom stereocenters. The zero-order valence-corrected chi connectivity index (χ0v) is 13.0. The minimum atomic E-state index is 0.359. The van der Waals surface area contributed by atoms with Gasteiger partial charge in [0.15, 0.2) is 0 Å². The highest BCUT2D eigenvalue weighted by Crippen LogP contribution is 2.26. The van der Waals surface area contributed by atoms with E-state index in [0.29, 0.717) is 12.6 Å². The molecule has 0 aliphatic rings. The summed E-state index contributed by atoms with van der Waals surface area (Å²) in [6, 6.07) is 6.75. The molecular formula is C14H23BrN2O. The SMILES string of the molecule is CCN(c1ccc(Br)cc1CCN)C(C)COC. The normalized spacial score (nSPS) is 12.5. The van der Waals surface area contributed by atoms with Gasteiger partial charge in [-0.05, 0) is 50.6 Å². The lowest BCUT2D eigenvalue weighted by Crippen LogP contribution is -2.36. The van der Waals surface area contributed by atoms with Crippen LogP contribution in [-0.2, 0) is 11.2 Å². The Bertz CT molecular complexity index is 371. The molecule has 0 saturated carbocycles. The zero-order valence-electron chi connectivity index (χ0n) is 11.4. The minimum Gasteiger partial charge on any atom is -0.383 e. The maximum atomic E-state index is 5.70. The second-order valence-corrected chi connectivity index (χ2v) is 5.32. The monoisotopic (exact) mass is 314 g/mol. The number of likely N-dealkylation sites (N-methyl/N-ethyl adjacent to an activating group) is 1. The van der Waals surface area contributed by atoms with Crippen LogP contribution < -0.4 is 10.6 Å². The van der Waals surface area contributed by atoms with Crippen LogP contribution in [0, 0.1) is 0 Å². The van der Waals surface area contributed by atoms with Crippen molar-refractivity contribution in [2.24, 2.45) is 5.73 Å². The fourth-order valence-electron chi connectivity index (χ4n) is 2.24. The summed E-state index contributed by atoms with van der Waals surface area (Å²) in [6.45, 7) is 6.71. The highest BCUT2D eigenvalue weighted by atomic mass is 79.9. The highest BCUT2D eigenvalue weighted by Gasteiger charge is 2.15. The van der Waals surface area contributed by atoms with E-state index in [-0.39, 0.29) is 0 Å². The molecule has 0 radical (unpaired) electrons. The lowest BCUT2D eigenvalue weighted by Gasteiger charge is -2.31. The lowest BCUT2D eigenvalue weighted by atomic mass is 10.1. The van der Waals surface area contributed by atoms with Gasteiger partial charge in [0.1, 0.15) is 0 Å². The van der Waals surface area contributed by atoms with Crippen molar-refractivity contribution >= 4 is 21.6 Å². The molecule has 1 aromatic rings. The molecular weight excluding hydrogens is 292 g/mol. The van der Waals surface area contributed by atoms with Crippen molar-refractivity contribution in [1.29, 1.82) is 0 Å². The molecule has 4 heteroatoms. The summed E-state index contributed by atoms with van der Waals surface area (Å²) in [5.41, 5.74) is 8.25. The third kappa shape index (κ3) is 3.97. The molecule has 0 aliphatic carbocycles. The van der Waals surface area contributed by atoms with Crippen molar-refractivity contribution in [3.8, 4) is 0 Å². The topological polar surface area (TPSA) is 38.5 Å². The fourth-order valence-corrected chi connectivity index (χ4v) is 2.65. The Labute approximate surface area is 118 Å². The molecule has 18 heavy (non-hydrogen) atoms. The first-order valence-corrected chi connectivity index (χ1v) is 7.17. The Morgan fingerprint density at radius 2 is 2.17 bits per heavy atom. The molecule has 0 fully saturated rings. The smallest absolute Gasteiger partial charge is 0.0663 e. The Hall–Kier alpha value is -0.580. The van der Waals surface area contributed by atoms with Gasteiger partial charge in [0.2, 0.25) is 0 Å². The summed E-state index contributed by atoms with van der Waals surface area (Å²) in [5.74, 6) is 0. The first-order chi connectivity index (χ1) is 8.63. The van der Waals surface area contributed by atoms with Crippen molar-refractivity contribution in [3.05, 3.63) is 28.2 Å². The number of hydrogen-bond donors (Lipinski definition) is 1. The van der Waals surface area contributed by atoms with Gasteiger partial charge in [0.25, 0.3) is 0 Å². The minimum absolute atomic E-state index is 0.359. The molecule has 0 spiro atoms. The second kappa shape index (κ2) is 7.77. The van der Waals surface area contributed by atoms with Crippen LogP contribution in [0.25, 0.3) is 0 Å². The highest BCUT2D eigenvalue weighted by molar-refractivity contribution is 9.10. The van der Waals surface area contributed by atoms with E-state index in [4.69, 9.17) is 10.5 Å². The van der Waals surface area contributed by atoms with E-state index in [1.807, 2.05) is 0 Å². The van der Waals surface area contributed by atoms with Gasteiger partial charge in [-0.2, -0.15) is 0 Å². The zero-order chi connectivity index (χ0) is 13.5. The molecule has 1 unspecified atom stereocenters. The number of nitrogens with two attached hydrogens (primary N) is 1. The van der Waals surface area contributed by atoms with Gasteiger partial charge in [-0.1, -0.05) is 15.9 Å². The maximum Gasteiger partial charge on any atom is 0.0663 e. The van der Waals surface area contributed by atoms with Crippen molar-refractivity contribution in [1.82, 2.24) is 0 Å². The van der Waals surface area contributed by atoms with E-state index < -0.39 is 0 Å². The Morgan fingerprint density at radius 1 is 1.44 bits per heavy atom. The van der Waals surface area contributed by atoms with E-state index >= 15 is 0 Å². The largest absolute Gasteiger partial charge is 0.383 e. The molecule has 2 N–H and O–H groups in total. The first kappa shape index (κ1) is 15.5. The van der Waals surface area contributed by atoms with Gasteiger partial charge in [0, 0.05) is 29.9 Å². The molecule has 0 saturated heterocycles. The van der Waals surface area contributed by atoms with Crippen molar-refractivity contribution in [2.75, 3.05) is 31.7 Å². The number of methoxy groups -OCH3 is 1. The Balaban J connectivity index is 3.03. The van der Waals surface area contributed by atoms with Gasteiger partial charge in [-0.15, -0.1) is 0 Å². The predicted molar refractivity (Wildman–Crippen MR) is 81.3 cm³/mol. The Kier molecular flexibility index (Phi) is 6.68. The van der Waals surface area contributed by atoms with Crippen LogP contribution in [0.1, 0.15) is 19.4 Å². The predicted octanol–water partition coefficient (Wildman–Crippen LogP) is 2.81. The molecule has 0 aromatic heterocycles. The van der Waals surface area contributed by atoms with Crippen molar-refractivity contribution in [2.45, 2.75) is 26.3 Å². The van der Waals surface area contributed by atoms with Crippen LogP contribution in [0.2, 0.25) is 0 Å². The van der Waals surface area contributed by atoms with Crippen LogP contribution in [0.5, 0.6) is 0 Å². The van der Waals surface area contributed by atoms with E-state index in [1.165, 1.54) is 11.3 Å². The van der Waals surface area contributed by atoms with Crippen LogP contribution in [0.3, 0.4) is 0 Å². The van der Waals surface area contributed by atoms with E-state index in [0.717, 1.165) is 24.0 Å². The van der Waals surface area contributed by atoms with Gasteiger partial charge in [-0.25, -0.2) is 0 Å². The van der Waals surface area contributed by atoms with Crippen LogP contribution >= 0.6 is 15.9 Å². The molecule has 0 bridgehead atoms. The molecule has 0 heterocycles. The first-order valence-electron chi connectivity index (χ1n) is 6.38. The third-order valence-corrected chi connectivity index (χ3v) is 3.54. The van der Waals surface area contributed by atoms with E-state index in [9.17, 15) is 0 Å². The number of nitrogens with zero attached hydrogens (tertiary/aromatic N) is 1. The molecule has 1 rings (SSSR count). The average molecular weight is 315 g/mol. The van der Waals surface area contributed by atoms with Gasteiger partial charge >= 0.3 is 0 Å². The number of hydrogen-bond acceptors (Lipinski definition) is 3. The van der Waals surface area contributed by atoms with E-state index in [2.05, 4.69) is 52.9 Å². The number of benzene rings is 1. The maximum absolute atomic E-state index is 5.70. The second-order valence-electron chi connectivity index (χ2n) is 4.40. The third-order valence-electron chi connectivity index (χ3n) is 3.05. The lowest BCUT2D eigenvalue weighted by molar-refractivity contribution is 0.182. The summed E-state index contributed by atoms with van der Waals surface area (Å²) in [6.07, 6.45) is 0.894. The Morgan fingerprint density at radius 3 is 2.72 bits per heavy atom. The molecule has 102 valence electrons. The number of ether oxygens (including phenoxy) is 1. The summed E-state index contributed by atoms with van der Waals surface area (Å²) < 4.78 is 6.36. The molecule has 0 amide bonds. The summed E-state index contributed by atoms with van der Waals surface area (Å²) >= 11 is 3.52. The van der Waals surface area contributed by atoms with Crippen LogP contribution in [0.15, 0.2) is 22.7 Å². The molecule has 3 nitrogen and oxygen atoms in total. The van der Waals surface area contributed by atoms with Crippen LogP contribution in [-0.4, -0.2) is 32.8 Å².